The Kier molecular flexibility index (Phi) is 3.89. The summed E-state index contributed by atoms with van der Waals surface area (Å²) in [6.45, 7) is 3.80. The Balaban J connectivity index is 2.09. The van der Waals surface area contributed by atoms with Crippen LogP contribution in [0.3, 0.4) is 0 Å². The molecule has 0 aromatic carbocycles. The van der Waals surface area contributed by atoms with E-state index in [1.54, 1.807) is 0 Å². The third kappa shape index (κ3) is 2.78. The van der Waals surface area contributed by atoms with E-state index in [1.165, 1.54) is 0 Å². The molecule has 6 heteroatoms. The molecule has 2 bridgehead atoms. The van der Waals surface area contributed by atoms with Gasteiger partial charge >= 0.3 is 5.97 Å². The number of hydrogen-bond acceptors (Lipinski definition) is 4. The number of carbonyl (C=O) groups is 3. The number of carboxylic acids is 1. The SMILES string of the molecule is CC(C)CC(CN1C(=O)C2CCC(O2)C1=O)C(=O)O. The molecule has 1 N–H and O–H groups in total. The van der Waals surface area contributed by atoms with Gasteiger partial charge in [-0.05, 0) is 25.2 Å². The predicted octanol–water partition coefficient (Wildman–Crippen LogP) is 0.650. The number of morpholine rings is 1. The van der Waals surface area contributed by atoms with Crippen LogP contribution in [0.15, 0.2) is 0 Å². The second-order valence-corrected chi connectivity index (χ2v) is 5.64. The average Bonchev–Trinajstić information content (AvgIpc) is 2.77. The molecule has 2 amide bonds. The second-order valence-electron chi connectivity index (χ2n) is 5.64. The lowest BCUT2D eigenvalue weighted by Crippen LogP contribution is -2.53. The molecule has 0 radical (unpaired) electrons. The van der Waals surface area contributed by atoms with Gasteiger partial charge in [-0.2, -0.15) is 0 Å². The molecule has 2 heterocycles. The standard InChI is InChI=1S/C13H19NO5/c1-7(2)5-8(13(17)18)6-14-11(15)9-3-4-10(19-9)12(14)16/h7-10H,3-6H2,1-2H3,(H,17,18). The lowest BCUT2D eigenvalue weighted by Gasteiger charge is -2.31. The summed E-state index contributed by atoms with van der Waals surface area (Å²) in [7, 11) is 0. The fourth-order valence-electron chi connectivity index (χ4n) is 2.68. The van der Waals surface area contributed by atoms with Crippen LogP contribution in [0.5, 0.6) is 0 Å². The summed E-state index contributed by atoms with van der Waals surface area (Å²) in [5.41, 5.74) is 0. The van der Waals surface area contributed by atoms with Crippen molar-refractivity contribution in [2.75, 3.05) is 6.54 Å². The first-order valence-corrected chi connectivity index (χ1v) is 6.63. The van der Waals surface area contributed by atoms with Crippen molar-refractivity contribution in [1.29, 1.82) is 0 Å². The van der Waals surface area contributed by atoms with Crippen molar-refractivity contribution in [3.63, 3.8) is 0 Å². The molecule has 3 atom stereocenters. The fourth-order valence-corrected chi connectivity index (χ4v) is 2.68. The van der Waals surface area contributed by atoms with Crippen LogP contribution >= 0.6 is 0 Å². The zero-order valence-corrected chi connectivity index (χ0v) is 11.2. The second kappa shape index (κ2) is 5.28. The molecule has 6 nitrogen and oxygen atoms in total. The first-order chi connectivity index (χ1) is 8.90. The van der Waals surface area contributed by atoms with Gasteiger partial charge in [0.1, 0.15) is 12.2 Å². The van der Waals surface area contributed by atoms with E-state index in [4.69, 9.17) is 4.74 Å². The monoisotopic (exact) mass is 269 g/mol. The summed E-state index contributed by atoms with van der Waals surface area (Å²) in [6, 6.07) is 0. The minimum absolute atomic E-state index is 0.0401. The number of likely N-dealkylation sites (tertiary alicyclic amines) is 1. The predicted molar refractivity (Wildman–Crippen MR) is 65.2 cm³/mol. The van der Waals surface area contributed by atoms with Crippen LogP contribution in [0.25, 0.3) is 0 Å². The molecule has 0 saturated carbocycles. The number of fused-ring (bicyclic) bond motifs is 2. The van der Waals surface area contributed by atoms with Gasteiger partial charge in [0.05, 0.1) is 5.92 Å². The lowest BCUT2D eigenvalue weighted by molar-refractivity contribution is -0.170. The molecule has 2 aliphatic heterocycles. The van der Waals surface area contributed by atoms with Crippen LogP contribution in [0.1, 0.15) is 33.1 Å². The molecule has 0 spiro atoms. The topological polar surface area (TPSA) is 83.9 Å². The highest BCUT2D eigenvalue weighted by Crippen LogP contribution is 2.29. The largest absolute Gasteiger partial charge is 0.481 e. The maximum Gasteiger partial charge on any atom is 0.308 e. The highest BCUT2D eigenvalue weighted by atomic mass is 16.5. The molecule has 2 aliphatic rings. The minimum Gasteiger partial charge on any atom is -0.481 e. The van der Waals surface area contributed by atoms with Gasteiger partial charge < -0.3 is 9.84 Å². The number of amides is 2. The van der Waals surface area contributed by atoms with Gasteiger partial charge in [0.15, 0.2) is 0 Å². The molecule has 2 fully saturated rings. The van der Waals surface area contributed by atoms with Crippen LogP contribution in [-0.2, 0) is 19.1 Å². The number of aliphatic carboxylic acids is 1. The Labute approximate surface area is 111 Å². The molecule has 0 aromatic rings. The normalized spacial score (nSPS) is 28.1. The van der Waals surface area contributed by atoms with E-state index in [0.29, 0.717) is 19.3 Å². The summed E-state index contributed by atoms with van der Waals surface area (Å²) in [5.74, 6) is -2.23. The Morgan fingerprint density at radius 2 is 1.84 bits per heavy atom. The smallest absolute Gasteiger partial charge is 0.308 e. The number of carboxylic acid groups (broad SMARTS) is 1. The zero-order valence-electron chi connectivity index (χ0n) is 11.2. The van der Waals surface area contributed by atoms with Crippen molar-refractivity contribution in [2.24, 2.45) is 11.8 Å². The Morgan fingerprint density at radius 1 is 1.32 bits per heavy atom. The van der Waals surface area contributed by atoms with Gasteiger partial charge in [0.25, 0.3) is 11.8 Å². The third-order valence-corrected chi connectivity index (χ3v) is 3.61. The van der Waals surface area contributed by atoms with E-state index in [-0.39, 0.29) is 24.3 Å². The van der Waals surface area contributed by atoms with Crippen LogP contribution in [0, 0.1) is 11.8 Å². The highest BCUT2D eigenvalue weighted by Gasteiger charge is 2.47. The van der Waals surface area contributed by atoms with Crippen molar-refractivity contribution < 1.29 is 24.2 Å². The van der Waals surface area contributed by atoms with Gasteiger partial charge in [0, 0.05) is 6.54 Å². The molecule has 2 rings (SSSR count). The molecular weight excluding hydrogens is 250 g/mol. The van der Waals surface area contributed by atoms with Crippen molar-refractivity contribution in [2.45, 2.75) is 45.3 Å². The molecule has 3 unspecified atom stereocenters. The highest BCUT2D eigenvalue weighted by molar-refractivity contribution is 6.02. The van der Waals surface area contributed by atoms with Gasteiger partial charge in [-0.15, -0.1) is 0 Å². The number of ether oxygens (including phenoxy) is 1. The van der Waals surface area contributed by atoms with E-state index >= 15 is 0 Å². The average molecular weight is 269 g/mol. The van der Waals surface area contributed by atoms with E-state index < -0.39 is 24.1 Å². The summed E-state index contributed by atoms with van der Waals surface area (Å²) >= 11 is 0. The minimum atomic E-state index is -0.965. The molecule has 0 aromatic heterocycles. The fraction of sp³-hybridized carbons (Fsp3) is 0.769. The Hall–Kier alpha value is -1.43. The zero-order chi connectivity index (χ0) is 14.2. The molecule has 2 saturated heterocycles. The number of carbonyl (C=O) groups excluding carboxylic acids is 2. The summed E-state index contributed by atoms with van der Waals surface area (Å²) < 4.78 is 5.29. The molecule has 0 aliphatic carbocycles. The number of rotatable bonds is 5. The van der Waals surface area contributed by atoms with Gasteiger partial charge in [-0.1, -0.05) is 13.8 Å². The van der Waals surface area contributed by atoms with Gasteiger partial charge in [-0.25, -0.2) is 0 Å². The van der Waals surface area contributed by atoms with Crippen molar-refractivity contribution >= 4 is 17.8 Å². The quantitative estimate of drug-likeness (QED) is 0.741. The van der Waals surface area contributed by atoms with E-state index in [0.717, 1.165) is 4.90 Å². The maximum absolute atomic E-state index is 12.0. The number of imide groups is 1. The van der Waals surface area contributed by atoms with E-state index in [1.807, 2.05) is 13.8 Å². The van der Waals surface area contributed by atoms with Crippen LogP contribution in [0.4, 0.5) is 0 Å². The van der Waals surface area contributed by atoms with Gasteiger partial charge in [0.2, 0.25) is 0 Å². The Morgan fingerprint density at radius 3 is 2.26 bits per heavy atom. The molecular formula is C13H19NO5. The Bertz CT molecular complexity index is 384. The summed E-state index contributed by atoms with van der Waals surface area (Å²) in [6.07, 6.45) is 0.427. The van der Waals surface area contributed by atoms with E-state index in [2.05, 4.69) is 0 Å². The number of hydrogen-bond donors (Lipinski definition) is 1. The van der Waals surface area contributed by atoms with Crippen molar-refractivity contribution in [3.8, 4) is 0 Å². The first kappa shape index (κ1) is 14.0. The first-order valence-electron chi connectivity index (χ1n) is 6.63. The molecule has 19 heavy (non-hydrogen) atoms. The summed E-state index contributed by atoms with van der Waals surface area (Å²) in [4.78, 5) is 36.4. The van der Waals surface area contributed by atoms with Crippen molar-refractivity contribution in [1.82, 2.24) is 4.90 Å². The van der Waals surface area contributed by atoms with E-state index in [9.17, 15) is 19.5 Å². The van der Waals surface area contributed by atoms with Crippen LogP contribution in [-0.4, -0.2) is 46.5 Å². The maximum atomic E-state index is 12.0. The third-order valence-electron chi connectivity index (χ3n) is 3.61. The number of nitrogens with zero attached hydrogens (tertiary/aromatic N) is 1. The van der Waals surface area contributed by atoms with Crippen LogP contribution < -0.4 is 0 Å². The van der Waals surface area contributed by atoms with Crippen molar-refractivity contribution in [3.05, 3.63) is 0 Å². The molecule has 106 valence electrons. The van der Waals surface area contributed by atoms with Crippen LogP contribution in [0.2, 0.25) is 0 Å². The van der Waals surface area contributed by atoms with Gasteiger partial charge in [-0.3, -0.25) is 19.3 Å². The lowest BCUT2D eigenvalue weighted by atomic mass is 9.96. The summed E-state index contributed by atoms with van der Waals surface area (Å²) in [5, 5.41) is 9.19.